The lowest BCUT2D eigenvalue weighted by Crippen LogP contribution is -2.33. The Bertz CT molecular complexity index is 996. The molecule has 4 rings (SSSR count). The highest BCUT2D eigenvalue weighted by molar-refractivity contribution is 6.02. The summed E-state index contributed by atoms with van der Waals surface area (Å²) in [6.07, 6.45) is 2.21. The van der Waals surface area contributed by atoms with Gasteiger partial charge in [0, 0.05) is 30.4 Å². The number of benzene rings is 2. The molecule has 6 nitrogen and oxygen atoms in total. The van der Waals surface area contributed by atoms with E-state index in [1.165, 1.54) is 0 Å². The zero-order valence-electron chi connectivity index (χ0n) is 16.0. The summed E-state index contributed by atoms with van der Waals surface area (Å²) in [6, 6.07) is 16.6. The largest absolute Gasteiger partial charge is 0.478 e. The molecule has 1 aromatic heterocycles. The zero-order chi connectivity index (χ0) is 20.1. The van der Waals surface area contributed by atoms with Crippen molar-refractivity contribution in [3.8, 4) is 0 Å². The topological polar surface area (TPSA) is 73.7 Å². The van der Waals surface area contributed by atoms with Crippen LogP contribution in [-0.2, 0) is 11.2 Å². The number of aromatic nitrogens is 1. The number of nitrogens with zero attached hydrogens (tertiary/aromatic N) is 3. The highest BCUT2D eigenvalue weighted by atomic mass is 16.4. The van der Waals surface area contributed by atoms with E-state index in [9.17, 15) is 9.59 Å². The molecule has 0 bridgehead atoms. The van der Waals surface area contributed by atoms with Crippen molar-refractivity contribution in [3.05, 3.63) is 71.9 Å². The summed E-state index contributed by atoms with van der Waals surface area (Å²) in [5, 5.41) is 9.53. The van der Waals surface area contributed by atoms with Gasteiger partial charge in [0.25, 0.3) is 0 Å². The van der Waals surface area contributed by atoms with E-state index >= 15 is 0 Å². The highest BCUT2D eigenvalue weighted by Gasteiger charge is 2.25. The predicted molar refractivity (Wildman–Crippen MR) is 110 cm³/mol. The van der Waals surface area contributed by atoms with Gasteiger partial charge < -0.3 is 14.9 Å². The molecule has 1 aliphatic rings. The second kappa shape index (κ2) is 8.63. The van der Waals surface area contributed by atoms with E-state index in [2.05, 4.69) is 9.88 Å². The number of carbonyl (C=O) groups excluding carboxylic acids is 1. The molecule has 0 unspecified atom stereocenters. The summed E-state index contributed by atoms with van der Waals surface area (Å²) in [4.78, 5) is 30.6. The fourth-order valence-electron chi connectivity index (χ4n) is 3.15. The van der Waals surface area contributed by atoms with E-state index in [-0.39, 0.29) is 5.91 Å². The summed E-state index contributed by atoms with van der Waals surface area (Å²) in [5.41, 5.74) is 3.25. The Labute approximate surface area is 164 Å². The number of likely N-dealkylation sites (N-methyl/N-ethyl adjacent to an activating group) is 1. The molecule has 2 aromatic carbocycles. The van der Waals surface area contributed by atoms with Crippen molar-refractivity contribution >= 4 is 28.5 Å². The first kappa shape index (κ1) is 19.5. The normalized spacial score (nSPS) is 12.7. The van der Waals surface area contributed by atoms with Gasteiger partial charge in [0.2, 0.25) is 5.91 Å². The van der Waals surface area contributed by atoms with Gasteiger partial charge in [0.1, 0.15) is 0 Å². The Morgan fingerprint density at radius 2 is 1.89 bits per heavy atom. The Morgan fingerprint density at radius 1 is 1.11 bits per heavy atom. The summed E-state index contributed by atoms with van der Waals surface area (Å²) >= 11 is 0. The summed E-state index contributed by atoms with van der Waals surface area (Å²) in [7, 11) is 4.04. The Balaban J connectivity index is 0.000000162. The van der Waals surface area contributed by atoms with Gasteiger partial charge in [-0.3, -0.25) is 9.78 Å². The third-order valence-corrected chi connectivity index (χ3v) is 4.57. The maximum absolute atomic E-state index is 11.8. The van der Waals surface area contributed by atoms with Crippen molar-refractivity contribution in [1.82, 2.24) is 9.88 Å². The van der Waals surface area contributed by atoms with E-state index in [0.717, 1.165) is 24.3 Å². The maximum Gasteiger partial charge on any atom is 0.336 e. The minimum atomic E-state index is -0.918. The number of hydrogen-bond acceptors (Lipinski definition) is 4. The van der Waals surface area contributed by atoms with Crippen LogP contribution in [0.25, 0.3) is 10.9 Å². The number of fused-ring (bicyclic) bond motifs is 2. The van der Waals surface area contributed by atoms with E-state index < -0.39 is 5.97 Å². The summed E-state index contributed by atoms with van der Waals surface area (Å²) in [5.74, 6) is -0.698. The number of hydrogen-bond donors (Lipinski definition) is 1. The molecule has 1 amide bonds. The number of aromatic carboxylic acids is 1. The van der Waals surface area contributed by atoms with Crippen LogP contribution in [0.5, 0.6) is 0 Å². The highest BCUT2D eigenvalue weighted by Crippen LogP contribution is 2.27. The molecule has 0 atom stereocenters. The Hall–Kier alpha value is -3.25. The first-order chi connectivity index (χ1) is 13.5. The van der Waals surface area contributed by atoms with Gasteiger partial charge >= 0.3 is 5.97 Å². The number of rotatable bonds is 4. The number of carboxylic acids is 1. The Kier molecular flexibility index (Phi) is 6.01. The molecule has 2 heterocycles. The van der Waals surface area contributed by atoms with Crippen LogP contribution in [-0.4, -0.2) is 54.1 Å². The number of pyridine rings is 1. The van der Waals surface area contributed by atoms with Crippen LogP contribution >= 0.6 is 0 Å². The number of anilines is 1. The van der Waals surface area contributed by atoms with Gasteiger partial charge in [-0.05, 0) is 43.9 Å². The van der Waals surface area contributed by atoms with E-state index in [1.807, 2.05) is 43.3 Å². The van der Waals surface area contributed by atoms with Crippen molar-refractivity contribution in [3.63, 3.8) is 0 Å². The second-order valence-electron chi connectivity index (χ2n) is 6.83. The second-order valence-corrected chi connectivity index (χ2v) is 6.83. The van der Waals surface area contributed by atoms with Crippen LogP contribution in [0.3, 0.4) is 0 Å². The van der Waals surface area contributed by atoms with Gasteiger partial charge in [0.15, 0.2) is 0 Å². The number of carbonyl (C=O) groups is 2. The van der Waals surface area contributed by atoms with Crippen LogP contribution in [0.2, 0.25) is 0 Å². The molecule has 0 radical (unpaired) electrons. The lowest BCUT2D eigenvalue weighted by molar-refractivity contribution is -0.117. The average Bonchev–Trinajstić information content (AvgIpc) is 3.01. The van der Waals surface area contributed by atoms with Crippen molar-refractivity contribution < 1.29 is 14.7 Å². The third kappa shape index (κ3) is 4.35. The fraction of sp³-hybridized carbons (Fsp3) is 0.227. The molecule has 3 aromatic rings. The van der Waals surface area contributed by atoms with Gasteiger partial charge in [-0.1, -0.05) is 30.3 Å². The molecule has 28 heavy (non-hydrogen) atoms. The van der Waals surface area contributed by atoms with Gasteiger partial charge in [-0.25, -0.2) is 4.79 Å². The van der Waals surface area contributed by atoms with E-state index in [0.29, 0.717) is 22.9 Å². The van der Waals surface area contributed by atoms with Crippen molar-refractivity contribution in [2.45, 2.75) is 6.42 Å². The van der Waals surface area contributed by atoms with E-state index in [1.54, 1.807) is 36.5 Å². The van der Waals surface area contributed by atoms with Crippen molar-refractivity contribution in [1.29, 1.82) is 0 Å². The SMILES string of the molecule is CN(C)CCN1C(=O)Cc2ccccc21.O=C(O)c1cccc2ncccc12. The smallest absolute Gasteiger partial charge is 0.336 e. The van der Waals surface area contributed by atoms with Crippen LogP contribution in [0, 0.1) is 0 Å². The molecule has 1 N–H and O–H groups in total. The molecular weight excluding hydrogens is 354 g/mol. The fourth-order valence-corrected chi connectivity index (χ4v) is 3.15. The van der Waals surface area contributed by atoms with Gasteiger partial charge in [-0.15, -0.1) is 0 Å². The molecule has 1 aliphatic heterocycles. The van der Waals surface area contributed by atoms with Crippen LogP contribution < -0.4 is 4.90 Å². The minimum Gasteiger partial charge on any atom is -0.478 e. The first-order valence-electron chi connectivity index (χ1n) is 9.07. The molecule has 0 fully saturated rings. The van der Waals surface area contributed by atoms with Crippen molar-refractivity contribution in [2.75, 3.05) is 32.1 Å². The standard InChI is InChI=1S/C12H16N2O.C10H7NO2/c1-13(2)7-8-14-11-6-4-3-5-10(11)9-12(14)15;12-10(13)8-3-1-5-9-7(8)4-2-6-11-9/h3-6H,7-9H2,1-2H3;1-6H,(H,12,13). The summed E-state index contributed by atoms with van der Waals surface area (Å²) in [6.45, 7) is 1.68. The van der Waals surface area contributed by atoms with Gasteiger partial charge in [0.05, 0.1) is 17.5 Å². The molecular formula is C22H23N3O3. The predicted octanol–water partition coefficient (Wildman–Crippen LogP) is 3.07. The number of carboxylic acid groups (broad SMARTS) is 1. The Morgan fingerprint density at radius 3 is 2.64 bits per heavy atom. The molecule has 144 valence electrons. The minimum absolute atomic E-state index is 0.220. The van der Waals surface area contributed by atoms with Crippen LogP contribution in [0.4, 0.5) is 5.69 Å². The molecule has 0 saturated heterocycles. The van der Waals surface area contributed by atoms with Crippen LogP contribution in [0.15, 0.2) is 60.8 Å². The van der Waals surface area contributed by atoms with Crippen LogP contribution in [0.1, 0.15) is 15.9 Å². The summed E-state index contributed by atoms with van der Waals surface area (Å²) < 4.78 is 0. The van der Waals surface area contributed by atoms with E-state index in [4.69, 9.17) is 5.11 Å². The third-order valence-electron chi connectivity index (χ3n) is 4.57. The monoisotopic (exact) mass is 377 g/mol. The lowest BCUT2D eigenvalue weighted by atomic mass is 10.1. The van der Waals surface area contributed by atoms with Crippen molar-refractivity contribution in [2.24, 2.45) is 0 Å². The lowest BCUT2D eigenvalue weighted by Gasteiger charge is -2.19. The van der Waals surface area contributed by atoms with Gasteiger partial charge in [-0.2, -0.15) is 0 Å². The first-order valence-corrected chi connectivity index (χ1v) is 9.07. The number of amides is 1. The zero-order valence-corrected chi connectivity index (χ0v) is 16.0. The molecule has 6 heteroatoms. The average molecular weight is 377 g/mol. The number of para-hydroxylation sites is 1. The molecule has 0 saturated carbocycles. The quantitative estimate of drug-likeness (QED) is 0.756. The maximum atomic E-state index is 11.8. The molecule has 0 aliphatic carbocycles. The molecule has 0 spiro atoms.